The van der Waals surface area contributed by atoms with Crippen molar-refractivity contribution in [1.82, 2.24) is 24.7 Å². The Morgan fingerprint density at radius 1 is 1.35 bits per heavy atom. The molecule has 1 fully saturated rings. The first kappa shape index (κ1) is 16.7. The van der Waals surface area contributed by atoms with Crippen molar-refractivity contribution in [3.63, 3.8) is 0 Å². The second kappa shape index (κ2) is 6.87. The zero-order chi connectivity index (χ0) is 18.1. The van der Waals surface area contributed by atoms with Crippen LogP contribution in [0.15, 0.2) is 24.8 Å². The summed E-state index contributed by atoms with van der Waals surface area (Å²) in [6.07, 6.45) is 5.96. The fraction of sp³-hybridized carbons (Fsp3) is 0.444. The number of pyridine rings is 1. The molecule has 0 amide bonds. The third kappa shape index (κ3) is 2.96. The molecule has 3 aromatic rings. The third-order valence-electron chi connectivity index (χ3n) is 4.48. The van der Waals surface area contributed by atoms with Gasteiger partial charge in [-0.25, -0.2) is 15.0 Å². The van der Waals surface area contributed by atoms with Gasteiger partial charge in [0.1, 0.15) is 17.4 Å². The summed E-state index contributed by atoms with van der Waals surface area (Å²) in [7, 11) is 1.59. The summed E-state index contributed by atoms with van der Waals surface area (Å²) >= 11 is 0. The predicted octanol–water partition coefficient (Wildman–Crippen LogP) is 2.68. The number of ether oxygens (including phenoxy) is 2. The third-order valence-corrected chi connectivity index (χ3v) is 4.48. The van der Waals surface area contributed by atoms with Crippen molar-refractivity contribution in [3.05, 3.63) is 24.8 Å². The molecule has 3 aromatic heterocycles. The van der Waals surface area contributed by atoms with Crippen molar-refractivity contribution < 1.29 is 9.47 Å². The lowest BCUT2D eigenvalue weighted by molar-refractivity contribution is 0.195. The molecule has 0 bridgehead atoms. The highest BCUT2D eigenvalue weighted by Gasteiger charge is 2.21. The highest BCUT2D eigenvalue weighted by atomic mass is 16.5. The average molecular weight is 354 g/mol. The van der Waals surface area contributed by atoms with E-state index < -0.39 is 0 Å². The Morgan fingerprint density at radius 3 is 2.96 bits per heavy atom. The first-order chi connectivity index (χ1) is 12.7. The van der Waals surface area contributed by atoms with Gasteiger partial charge in [-0.15, -0.1) is 0 Å². The van der Waals surface area contributed by atoms with Crippen molar-refractivity contribution in [3.8, 4) is 17.1 Å². The standard InChI is InChI=1S/C18H22N6O2/c1-11(2)24-17-15(22-12-4-5-26-9-12)6-14(23-16(17)8-21-24)13-7-19-10-20-18(13)25-3/h6-8,10-12H,4-5,9H2,1-3H3,(H,22,23). The fourth-order valence-corrected chi connectivity index (χ4v) is 3.23. The van der Waals surface area contributed by atoms with Gasteiger partial charge in [-0.05, 0) is 26.3 Å². The lowest BCUT2D eigenvalue weighted by atomic mass is 10.1. The molecule has 8 nitrogen and oxygen atoms in total. The fourth-order valence-electron chi connectivity index (χ4n) is 3.23. The van der Waals surface area contributed by atoms with Crippen LogP contribution in [0, 0.1) is 0 Å². The molecule has 0 radical (unpaired) electrons. The smallest absolute Gasteiger partial charge is 0.225 e. The van der Waals surface area contributed by atoms with Crippen molar-refractivity contribution in [1.29, 1.82) is 0 Å². The van der Waals surface area contributed by atoms with E-state index in [1.54, 1.807) is 19.5 Å². The average Bonchev–Trinajstić information content (AvgIpc) is 3.31. The Morgan fingerprint density at radius 2 is 2.23 bits per heavy atom. The molecule has 1 aliphatic heterocycles. The van der Waals surface area contributed by atoms with Crippen molar-refractivity contribution in [2.24, 2.45) is 0 Å². The summed E-state index contributed by atoms with van der Waals surface area (Å²) in [5, 5.41) is 8.13. The van der Waals surface area contributed by atoms with Crippen LogP contribution in [0.1, 0.15) is 26.3 Å². The minimum atomic E-state index is 0.232. The van der Waals surface area contributed by atoms with Crippen LogP contribution >= 0.6 is 0 Å². The molecule has 1 N–H and O–H groups in total. The van der Waals surface area contributed by atoms with Crippen LogP contribution in [0.2, 0.25) is 0 Å². The minimum Gasteiger partial charge on any atom is -0.480 e. The predicted molar refractivity (Wildman–Crippen MR) is 98.3 cm³/mol. The zero-order valence-electron chi connectivity index (χ0n) is 15.1. The first-order valence-electron chi connectivity index (χ1n) is 8.74. The van der Waals surface area contributed by atoms with Crippen LogP contribution in [-0.4, -0.2) is 51.1 Å². The molecule has 1 aliphatic rings. The molecule has 1 saturated heterocycles. The first-order valence-corrected chi connectivity index (χ1v) is 8.74. The van der Waals surface area contributed by atoms with Gasteiger partial charge in [-0.1, -0.05) is 0 Å². The maximum atomic E-state index is 5.51. The van der Waals surface area contributed by atoms with Crippen LogP contribution in [0.25, 0.3) is 22.3 Å². The Labute approximate surface area is 151 Å². The number of rotatable bonds is 5. The molecule has 8 heteroatoms. The molecule has 4 rings (SSSR count). The summed E-state index contributed by atoms with van der Waals surface area (Å²) in [4.78, 5) is 13.1. The molecule has 0 aromatic carbocycles. The molecule has 26 heavy (non-hydrogen) atoms. The number of aromatic nitrogens is 5. The highest BCUT2D eigenvalue weighted by Crippen LogP contribution is 2.33. The lowest BCUT2D eigenvalue weighted by Crippen LogP contribution is -2.20. The maximum absolute atomic E-state index is 5.51. The van der Waals surface area contributed by atoms with Crippen LogP contribution < -0.4 is 10.1 Å². The van der Waals surface area contributed by atoms with E-state index in [0.717, 1.165) is 41.0 Å². The van der Waals surface area contributed by atoms with Gasteiger partial charge in [0.15, 0.2) is 0 Å². The van der Waals surface area contributed by atoms with E-state index in [0.29, 0.717) is 12.5 Å². The van der Waals surface area contributed by atoms with Gasteiger partial charge in [-0.2, -0.15) is 5.10 Å². The number of hydrogen-bond donors (Lipinski definition) is 1. The van der Waals surface area contributed by atoms with Gasteiger partial charge in [0.05, 0.1) is 42.9 Å². The number of hydrogen-bond acceptors (Lipinski definition) is 7. The summed E-state index contributed by atoms with van der Waals surface area (Å²) in [5.74, 6) is 0.498. The Balaban J connectivity index is 1.87. The SMILES string of the molecule is COc1ncncc1-c1cc(NC2CCOC2)c2c(cnn2C(C)C)n1. The highest BCUT2D eigenvalue weighted by molar-refractivity contribution is 5.91. The van der Waals surface area contributed by atoms with Crippen LogP contribution in [0.5, 0.6) is 5.88 Å². The van der Waals surface area contributed by atoms with Gasteiger partial charge in [0, 0.05) is 18.8 Å². The van der Waals surface area contributed by atoms with Gasteiger partial charge < -0.3 is 14.8 Å². The van der Waals surface area contributed by atoms with Crippen molar-refractivity contribution in [2.45, 2.75) is 32.4 Å². The number of fused-ring (bicyclic) bond motifs is 1. The number of methoxy groups -OCH3 is 1. The van der Waals surface area contributed by atoms with E-state index in [2.05, 4.69) is 34.2 Å². The Kier molecular flexibility index (Phi) is 4.42. The summed E-state index contributed by atoms with van der Waals surface area (Å²) in [5.41, 5.74) is 4.30. The molecule has 136 valence electrons. The molecule has 1 atom stereocenters. The van der Waals surface area contributed by atoms with E-state index in [4.69, 9.17) is 14.5 Å². The Bertz CT molecular complexity index is 917. The van der Waals surface area contributed by atoms with Gasteiger partial charge in [-0.3, -0.25) is 4.68 Å². The van der Waals surface area contributed by atoms with Crippen LogP contribution in [0.3, 0.4) is 0 Å². The van der Waals surface area contributed by atoms with Crippen LogP contribution in [0.4, 0.5) is 5.69 Å². The van der Waals surface area contributed by atoms with Gasteiger partial charge in [0.25, 0.3) is 0 Å². The van der Waals surface area contributed by atoms with E-state index in [-0.39, 0.29) is 12.1 Å². The molecule has 0 spiro atoms. The lowest BCUT2D eigenvalue weighted by Gasteiger charge is -2.17. The normalized spacial score (nSPS) is 17.2. The van der Waals surface area contributed by atoms with E-state index >= 15 is 0 Å². The van der Waals surface area contributed by atoms with Gasteiger partial charge >= 0.3 is 0 Å². The van der Waals surface area contributed by atoms with E-state index in [9.17, 15) is 0 Å². The largest absolute Gasteiger partial charge is 0.480 e. The summed E-state index contributed by atoms with van der Waals surface area (Å²) < 4.78 is 12.9. The number of nitrogens with zero attached hydrogens (tertiary/aromatic N) is 5. The minimum absolute atomic E-state index is 0.232. The van der Waals surface area contributed by atoms with Crippen molar-refractivity contribution in [2.75, 3.05) is 25.6 Å². The van der Waals surface area contributed by atoms with E-state index in [1.807, 2.05) is 10.7 Å². The van der Waals surface area contributed by atoms with Crippen LogP contribution in [-0.2, 0) is 4.74 Å². The monoisotopic (exact) mass is 354 g/mol. The maximum Gasteiger partial charge on any atom is 0.225 e. The second-order valence-corrected chi connectivity index (χ2v) is 6.62. The second-order valence-electron chi connectivity index (χ2n) is 6.62. The number of anilines is 1. The molecule has 0 aliphatic carbocycles. The quantitative estimate of drug-likeness (QED) is 0.754. The molecular formula is C18H22N6O2. The Hall–Kier alpha value is -2.74. The molecule has 4 heterocycles. The zero-order valence-corrected chi connectivity index (χ0v) is 15.1. The van der Waals surface area contributed by atoms with E-state index in [1.165, 1.54) is 6.33 Å². The topological polar surface area (TPSA) is 87.0 Å². The van der Waals surface area contributed by atoms with Gasteiger partial charge in [0.2, 0.25) is 5.88 Å². The number of nitrogens with one attached hydrogen (secondary N) is 1. The molecular weight excluding hydrogens is 332 g/mol. The summed E-state index contributed by atoms with van der Waals surface area (Å²) in [6.45, 7) is 5.70. The van der Waals surface area contributed by atoms with Crippen molar-refractivity contribution >= 4 is 16.7 Å². The molecule has 0 saturated carbocycles. The summed E-state index contributed by atoms with van der Waals surface area (Å²) in [6, 6.07) is 2.52. The molecule has 1 unspecified atom stereocenters.